The van der Waals surface area contributed by atoms with Crippen LogP contribution >= 0.6 is 0 Å². The summed E-state index contributed by atoms with van der Waals surface area (Å²) in [5.41, 5.74) is 2.63. The van der Waals surface area contributed by atoms with Gasteiger partial charge in [0, 0.05) is 11.8 Å². The van der Waals surface area contributed by atoms with Gasteiger partial charge in [-0.2, -0.15) is 0 Å². The number of aromatic nitrogens is 2. The van der Waals surface area contributed by atoms with Crippen LogP contribution in [-0.2, 0) is 0 Å². The van der Waals surface area contributed by atoms with Gasteiger partial charge in [0.05, 0.1) is 19.0 Å². The lowest BCUT2D eigenvalue weighted by Gasteiger charge is -2.06. The van der Waals surface area contributed by atoms with Crippen molar-refractivity contribution in [1.82, 2.24) is 9.97 Å². The van der Waals surface area contributed by atoms with Crippen LogP contribution in [0.15, 0.2) is 30.6 Å². The van der Waals surface area contributed by atoms with Gasteiger partial charge in [-0.1, -0.05) is 0 Å². The van der Waals surface area contributed by atoms with E-state index < -0.39 is 0 Å². The number of hydrogen-bond acceptors (Lipinski definition) is 4. The lowest BCUT2D eigenvalue weighted by atomic mass is 10.0. The first-order chi connectivity index (χ1) is 8.61. The maximum absolute atomic E-state index is 12.2. The summed E-state index contributed by atoms with van der Waals surface area (Å²) in [7, 11) is 1.60. The van der Waals surface area contributed by atoms with E-state index in [0.717, 1.165) is 17.0 Å². The fourth-order valence-electron chi connectivity index (χ4n) is 1.67. The average molecular weight is 242 g/mol. The summed E-state index contributed by atoms with van der Waals surface area (Å²) < 4.78 is 5.11. The van der Waals surface area contributed by atoms with Crippen molar-refractivity contribution in [2.75, 3.05) is 7.11 Å². The molecule has 0 aliphatic heterocycles. The Bertz CT molecular complexity index is 577. The Kier molecular flexibility index (Phi) is 3.37. The third-order valence-corrected chi connectivity index (χ3v) is 2.69. The third kappa shape index (κ3) is 2.37. The molecular weight excluding hydrogens is 228 g/mol. The van der Waals surface area contributed by atoms with Gasteiger partial charge in [-0.15, -0.1) is 0 Å². The van der Waals surface area contributed by atoms with Crippen LogP contribution in [0.4, 0.5) is 0 Å². The van der Waals surface area contributed by atoms with E-state index in [1.165, 1.54) is 6.20 Å². The maximum atomic E-state index is 12.2. The van der Waals surface area contributed by atoms with Crippen molar-refractivity contribution in [1.29, 1.82) is 0 Å². The average Bonchev–Trinajstić information content (AvgIpc) is 2.38. The number of benzene rings is 1. The molecule has 0 saturated heterocycles. The van der Waals surface area contributed by atoms with E-state index in [9.17, 15) is 4.79 Å². The Morgan fingerprint density at radius 3 is 2.50 bits per heavy atom. The van der Waals surface area contributed by atoms with Crippen molar-refractivity contribution in [3.05, 3.63) is 53.1 Å². The zero-order chi connectivity index (χ0) is 13.1. The van der Waals surface area contributed by atoms with E-state index in [-0.39, 0.29) is 5.78 Å². The van der Waals surface area contributed by atoms with Crippen molar-refractivity contribution in [2.24, 2.45) is 0 Å². The summed E-state index contributed by atoms with van der Waals surface area (Å²) >= 11 is 0. The number of aryl methyl sites for hydroxylation is 2. The minimum Gasteiger partial charge on any atom is -0.497 e. The molecule has 0 aliphatic carbocycles. The monoisotopic (exact) mass is 242 g/mol. The van der Waals surface area contributed by atoms with Crippen LogP contribution in [0.3, 0.4) is 0 Å². The van der Waals surface area contributed by atoms with Gasteiger partial charge in [-0.3, -0.25) is 9.78 Å². The van der Waals surface area contributed by atoms with Crippen LogP contribution in [0, 0.1) is 13.8 Å². The highest BCUT2D eigenvalue weighted by molar-refractivity contribution is 6.08. The molecule has 0 radical (unpaired) electrons. The summed E-state index contributed by atoms with van der Waals surface area (Å²) in [5, 5.41) is 0. The second-order valence-electron chi connectivity index (χ2n) is 4.05. The summed E-state index contributed by atoms with van der Waals surface area (Å²) in [6.07, 6.45) is 3.09. The molecule has 1 heterocycles. The van der Waals surface area contributed by atoms with Gasteiger partial charge in [-0.05, 0) is 37.6 Å². The highest BCUT2D eigenvalue weighted by Gasteiger charge is 2.13. The standard InChI is InChI=1S/C14H14N2O2/c1-9-6-11(18-3)4-5-12(9)14(17)13-8-15-10(2)7-16-13/h4-8H,1-3H3. The number of nitrogens with zero attached hydrogens (tertiary/aromatic N) is 2. The normalized spacial score (nSPS) is 10.2. The smallest absolute Gasteiger partial charge is 0.213 e. The molecule has 0 unspecified atom stereocenters. The second kappa shape index (κ2) is 4.96. The minimum atomic E-state index is -0.123. The second-order valence-corrected chi connectivity index (χ2v) is 4.05. The van der Waals surface area contributed by atoms with Crippen molar-refractivity contribution in [2.45, 2.75) is 13.8 Å². The first-order valence-electron chi connectivity index (χ1n) is 5.60. The Hall–Kier alpha value is -2.23. The maximum Gasteiger partial charge on any atom is 0.213 e. The highest BCUT2D eigenvalue weighted by Crippen LogP contribution is 2.18. The largest absolute Gasteiger partial charge is 0.497 e. The van der Waals surface area contributed by atoms with Gasteiger partial charge in [0.2, 0.25) is 5.78 Å². The molecule has 4 heteroatoms. The van der Waals surface area contributed by atoms with E-state index in [2.05, 4.69) is 9.97 Å². The van der Waals surface area contributed by atoms with E-state index in [4.69, 9.17) is 4.74 Å². The summed E-state index contributed by atoms with van der Waals surface area (Å²) in [6, 6.07) is 5.34. The van der Waals surface area contributed by atoms with E-state index in [1.54, 1.807) is 25.4 Å². The molecule has 0 N–H and O–H groups in total. The SMILES string of the molecule is COc1ccc(C(=O)c2cnc(C)cn2)c(C)c1. The van der Waals surface area contributed by atoms with Crippen molar-refractivity contribution >= 4 is 5.78 Å². The molecule has 1 aromatic carbocycles. The number of hydrogen-bond donors (Lipinski definition) is 0. The number of carbonyl (C=O) groups is 1. The topological polar surface area (TPSA) is 52.1 Å². The Balaban J connectivity index is 2.37. The number of ether oxygens (including phenoxy) is 1. The molecular formula is C14H14N2O2. The van der Waals surface area contributed by atoms with Crippen LogP contribution in [0.25, 0.3) is 0 Å². The Morgan fingerprint density at radius 1 is 1.17 bits per heavy atom. The molecule has 0 saturated carbocycles. The van der Waals surface area contributed by atoms with Crippen LogP contribution < -0.4 is 4.74 Å². The van der Waals surface area contributed by atoms with E-state index in [1.807, 2.05) is 19.9 Å². The fraction of sp³-hybridized carbons (Fsp3) is 0.214. The molecule has 92 valence electrons. The van der Waals surface area contributed by atoms with Crippen molar-refractivity contribution < 1.29 is 9.53 Å². The van der Waals surface area contributed by atoms with Crippen LogP contribution in [0.1, 0.15) is 27.3 Å². The van der Waals surface area contributed by atoms with Crippen LogP contribution in [0.5, 0.6) is 5.75 Å². The predicted molar refractivity (Wildman–Crippen MR) is 67.9 cm³/mol. The number of carbonyl (C=O) groups excluding carboxylic acids is 1. The molecule has 0 fully saturated rings. The van der Waals surface area contributed by atoms with Gasteiger partial charge in [0.1, 0.15) is 11.4 Å². The number of ketones is 1. The molecule has 2 aromatic rings. The number of rotatable bonds is 3. The summed E-state index contributed by atoms with van der Waals surface area (Å²) in [6.45, 7) is 3.71. The minimum absolute atomic E-state index is 0.123. The zero-order valence-electron chi connectivity index (χ0n) is 10.6. The molecule has 0 aliphatic rings. The van der Waals surface area contributed by atoms with E-state index in [0.29, 0.717) is 11.3 Å². The van der Waals surface area contributed by atoms with Gasteiger partial charge < -0.3 is 4.74 Å². The highest BCUT2D eigenvalue weighted by atomic mass is 16.5. The van der Waals surface area contributed by atoms with Gasteiger partial charge >= 0.3 is 0 Å². The molecule has 4 nitrogen and oxygen atoms in total. The van der Waals surface area contributed by atoms with Crippen LogP contribution in [0.2, 0.25) is 0 Å². The van der Waals surface area contributed by atoms with Gasteiger partial charge in [-0.25, -0.2) is 4.98 Å². The molecule has 2 rings (SSSR count). The molecule has 0 bridgehead atoms. The molecule has 18 heavy (non-hydrogen) atoms. The molecule has 1 aromatic heterocycles. The fourth-order valence-corrected chi connectivity index (χ4v) is 1.67. The van der Waals surface area contributed by atoms with Crippen LogP contribution in [-0.4, -0.2) is 22.9 Å². The molecule has 0 spiro atoms. The van der Waals surface area contributed by atoms with Gasteiger partial charge in [0.15, 0.2) is 0 Å². The van der Waals surface area contributed by atoms with E-state index >= 15 is 0 Å². The zero-order valence-corrected chi connectivity index (χ0v) is 10.6. The summed E-state index contributed by atoms with van der Waals surface area (Å²) in [4.78, 5) is 20.4. The number of methoxy groups -OCH3 is 1. The Labute approximate surface area is 106 Å². The first kappa shape index (κ1) is 12.2. The third-order valence-electron chi connectivity index (χ3n) is 2.69. The molecule has 0 atom stereocenters. The lowest BCUT2D eigenvalue weighted by molar-refractivity contribution is 0.103. The lowest BCUT2D eigenvalue weighted by Crippen LogP contribution is -2.07. The molecule has 0 amide bonds. The predicted octanol–water partition coefficient (Wildman–Crippen LogP) is 2.33. The quantitative estimate of drug-likeness (QED) is 0.775. The van der Waals surface area contributed by atoms with Crippen molar-refractivity contribution in [3.8, 4) is 5.75 Å². The summed E-state index contributed by atoms with van der Waals surface area (Å²) in [5.74, 6) is 0.613. The van der Waals surface area contributed by atoms with Crippen molar-refractivity contribution in [3.63, 3.8) is 0 Å². The Morgan fingerprint density at radius 2 is 1.94 bits per heavy atom. The first-order valence-corrected chi connectivity index (χ1v) is 5.60. The van der Waals surface area contributed by atoms with Gasteiger partial charge in [0.25, 0.3) is 0 Å².